The second-order valence-electron chi connectivity index (χ2n) is 0.789. The van der Waals surface area contributed by atoms with Crippen LogP contribution in [0, 0.1) is 0 Å². The lowest BCUT2D eigenvalue weighted by Gasteiger charge is -1.76. The molecular weight excluding hydrogens is 81.0 g/mol. The molecule has 0 rings (SSSR count). The summed E-state index contributed by atoms with van der Waals surface area (Å²) in [5, 5.41) is 0. The predicted octanol–water partition coefficient (Wildman–Crippen LogP) is 0.681. The van der Waals surface area contributed by atoms with Gasteiger partial charge in [-0.05, 0) is 6.92 Å². The lowest BCUT2D eigenvalue weighted by molar-refractivity contribution is 1.51. The van der Waals surface area contributed by atoms with Gasteiger partial charge in [-0.2, -0.15) is 0 Å². The summed E-state index contributed by atoms with van der Waals surface area (Å²) in [6.45, 7) is 1.89. The summed E-state index contributed by atoms with van der Waals surface area (Å²) in [4.78, 5) is 0. The van der Waals surface area contributed by atoms with Gasteiger partial charge < -0.3 is 5.73 Å². The molecule has 30 valence electrons. The van der Waals surface area contributed by atoms with Crippen LogP contribution in [-0.4, -0.2) is 0 Å². The molecule has 0 bridgehead atoms. The Labute approximate surface area is 34.4 Å². The van der Waals surface area contributed by atoms with Crippen molar-refractivity contribution in [3.05, 3.63) is 11.5 Å². The monoisotopic (exact) mass is 89.0 g/mol. The maximum Gasteiger partial charge on any atom is 0.0211 e. The van der Waals surface area contributed by atoms with Gasteiger partial charge in [0.25, 0.3) is 0 Å². The molecule has 0 saturated heterocycles. The highest BCUT2D eigenvalue weighted by atomic mass is 31.0. The second-order valence-corrected chi connectivity index (χ2v) is 1.46. The normalized spacial score (nSPS) is 12.0. The van der Waals surface area contributed by atoms with Crippen molar-refractivity contribution in [3.63, 3.8) is 0 Å². The fraction of sp³-hybridized carbons (Fsp3) is 0.333. The third-order valence-electron chi connectivity index (χ3n) is 0.333. The molecule has 0 heterocycles. The van der Waals surface area contributed by atoms with Crippen LogP contribution in [0.2, 0.25) is 0 Å². The van der Waals surface area contributed by atoms with E-state index in [1.54, 1.807) is 0 Å². The van der Waals surface area contributed by atoms with Gasteiger partial charge in [0, 0.05) is 5.44 Å². The molecular formula is C3H8NP. The molecule has 2 heteroatoms. The maximum absolute atomic E-state index is 5.12. The molecule has 1 unspecified atom stereocenters. The van der Waals surface area contributed by atoms with Crippen LogP contribution in [0.25, 0.3) is 0 Å². The van der Waals surface area contributed by atoms with Crippen molar-refractivity contribution in [1.29, 1.82) is 0 Å². The number of rotatable bonds is 0. The molecule has 0 aromatic carbocycles. The fourth-order valence-electron chi connectivity index (χ4n) is 0. The Hall–Kier alpha value is -0.0300. The lowest BCUT2D eigenvalue weighted by atomic mass is 10.7. The minimum Gasteiger partial charge on any atom is -0.399 e. The fourth-order valence-corrected chi connectivity index (χ4v) is 0. The smallest absolute Gasteiger partial charge is 0.0211 e. The van der Waals surface area contributed by atoms with E-state index in [1.807, 2.05) is 13.0 Å². The van der Waals surface area contributed by atoms with Crippen molar-refractivity contribution in [2.45, 2.75) is 6.92 Å². The van der Waals surface area contributed by atoms with Crippen molar-refractivity contribution < 1.29 is 0 Å². The first-order chi connectivity index (χ1) is 2.27. The Kier molecular flexibility index (Phi) is 2.21. The van der Waals surface area contributed by atoms with E-state index in [1.165, 1.54) is 0 Å². The third kappa shape index (κ3) is 3.97. The highest BCUT2D eigenvalue weighted by Crippen LogP contribution is 1.90. The minimum absolute atomic E-state index is 0.796. The molecule has 2 N–H and O–H groups in total. The first-order valence-corrected chi connectivity index (χ1v) is 2.02. The van der Waals surface area contributed by atoms with Gasteiger partial charge in [0.05, 0.1) is 0 Å². The van der Waals surface area contributed by atoms with Crippen LogP contribution < -0.4 is 5.73 Å². The molecule has 0 saturated carbocycles. The van der Waals surface area contributed by atoms with Gasteiger partial charge in [-0.15, -0.1) is 0 Å². The topological polar surface area (TPSA) is 26.0 Å². The lowest BCUT2D eigenvalue weighted by Crippen LogP contribution is -1.82. The molecule has 1 atom stereocenters. The van der Waals surface area contributed by atoms with Crippen LogP contribution in [-0.2, 0) is 0 Å². The quantitative estimate of drug-likeness (QED) is 0.434. The van der Waals surface area contributed by atoms with Crippen LogP contribution in [0.15, 0.2) is 11.5 Å². The summed E-state index contributed by atoms with van der Waals surface area (Å²) in [6, 6.07) is 0. The third-order valence-corrected chi connectivity index (χ3v) is 0.667. The highest BCUT2D eigenvalue weighted by molar-refractivity contribution is 7.22. The van der Waals surface area contributed by atoms with E-state index < -0.39 is 0 Å². The van der Waals surface area contributed by atoms with Gasteiger partial charge >= 0.3 is 0 Å². The molecule has 0 radical (unpaired) electrons. The van der Waals surface area contributed by atoms with Gasteiger partial charge in [-0.3, -0.25) is 0 Å². The Morgan fingerprint density at radius 1 is 2.00 bits per heavy atom. The van der Waals surface area contributed by atoms with Crippen molar-refractivity contribution in [2.24, 2.45) is 5.73 Å². The van der Waals surface area contributed by atoms with Gasteiger partial charge in [-0.25, -0.2) is 0 Å². The SMILES string of the molecule is C/C=C(\N)P. The molecule has 0 aromatic rings. The largest absolute Gasteiger partial charge is 0.399 e. The summed E-state index contributed by atoms with van der Waals surface area (Å²) in [5.74, 6) is 0. The molecule has 0 aliphatic carbocycles. The molecule has 0 aliphatic heterocycles. The van der Waals surface area contributed by atoms with Crippen molar-refractivity contribution in [3.8, 4) is 0 Å². The Morgan fingerprint density at radius 2 is 2.20 bits per heavy atom. The summed E-state index contributed by atoms with van der Waals surface area (Å²) in [6.07, 6.45) is 1.82. The standard InChI is InChI=1S/C3H8NP/c1-2-3(4)5/h2H,4-5H2,1H3/b3-2+. The van der Waals surface area contributed by atoms with Gasteiger partial charge in [-0.1, -0.05) is 15.3 Å². The summed E-state index contributed by atoms with van der Waals surface area (Å²) >= 11 is 0. The summed E-state index contributed by atoms with van der Waals surface area (Å²) < 4.78 is 0. The zero-order chi connectivity index (χ0) is 4.28. The van der Waals surface area contributed by atoms with E-state index in [2.05, 4.69) is 9.24 Å². The van der Waals surface area contributed by atoms with Gasteiger partial charge in [0.1, 0.15) is 0 Å². The first kappa shape index (κ1) is 4.97. The highest BCUT2D eigenvalue weighted by Gasteiger charge is 1.60. The van der Waals surface area contributed by atoms with E-state index >= 15 is 0 Å². The van der Waals surface area contributed by atoms with Crippen LogP contribution >= 0.6 is 9.24 Å². The first-order valence-electron chi connectivity index (χ1n) is 1.44. The molecule has 1 nitrogen and oxygen atoms in total. The average molecular weight is 89.1 g/mol. The molecule has 0 fully saturated rings. The van der Waals surface area contributed by atoms with E-state index in [4.69, 9.17) is 5.73 Å². The molecule has 0 aromatic heterocycles. The predicted molar refractivity (Wildman–Crippen MR) is 27.7 cm³/mol. The molecule has 0 amide bonds. The Bertz CT molecular complexity index is 44.9. The van der Waals surface area contributed by atoms with E-state index in [9.17, 15) is 0 Å². The molecule has 5 heavy (non-hydrogen) atoms. The summed E-state index contributed by atoms with van der Waals surface area (Å²) in [5.41, 5.74) is 5.91. The number of nitrogens with two attached hydrogens (primary N) is 1. The Morgan fingerprint density at radius 3 is 2.20 bits per heavy atom. The number of allylic oxidation sites excluding steroid dienone is 1. The zero-order valence-corrected chi connectivity index (χ0v) is 4.39. The van der Waals surface area contributed by atoms with Crippen LogP contribution in [0.5, 0.6) is 0 Å². The van der Waals surface area contributed by atoms with Gasteiger partial charge in [0.2, 0.25) is 0 Å². The minimum atomic E-state index is 0.796. The van der Waals surface area contributed by atoms with E-state index in [0.717, 1.165) is 5.44 Å². The number of hydrogen-bond acceptors (Lipinski definition) is 1. The van der Waals surface area contributed by atoms with Crippen LogP contribution in [0.4, 0.5) is 0 Å². The number of hydrogen-bond donors (Lipinski definition) is 1. The van der Waals surface area contributed by atoms with Gasteiger partial charge in [0.15, 0.2) is 0 Å². The Balaban J connectivity index is 3.14. The zero-order valence-electron chi connectivity index (χ0n) is 3.23. The van der Waals surface area contributed by atoms with Crippen LogP contribution in [0.3, 0.4) is 0 Å². The van der Waals surface area contributed by atoms with Crippen molar-refractivity contribution in [2.75, 3.05) is 0 Å². The summed E-state index contributed by atoms with van der Waals surface area (Å²) in [7, 11) is 2.37. The maximum atomic E-state index is 5.12. The molecule has 0 spiro atoms. The second kappa shape index (κ2) is 2.22. The van der Waals surface area contributed by atoms with E-state index in [-0.39, 0.29) is 0 Å². The van der Waals surface area contributed by atoms with Crippen LogP contribution in [0.1, 0.15) is 6.92 Å². The molecule has 0 aliphatic rings. The van der Waals surface area contributed by atoms with E-state index in [0.29, 0.717) is 0 Å². The average Bonchev–Trinajstić information content (AvgIpc) is 1.38. The van der Waals surface area contributed by atoms with Crippen molar-refractivity contribution in [1.82, 2.24) is 0 Å². The van der Waals surface area contributed by atoms with Crippen molar-refractivity contribution >= 4 is 9.24 Å².